The predicted molar refractivity (Wildman–Crippen MR) is 83.7 cm³/mol. The summed E-state index contributed by atoms with van der Waals surface area (Å²) >= 11 is 2.23. The second-order valence-corrected chi connectivity index (χ2v) is 5.83. The molecule has 0 saturated heterocycles. The van der Waals surface area contributed by atoms with Crippen LogP contribution >= 0.6 is 22.6 Å². The average molecular weight is 383 g/mol. The normalized spacial score (nSPS) is 14.1. The highest BCUT2D eigenvalue weighted by Crippen LogP contribution is 2.34. The molecular formula is C14H14IN3O2. The molecule has 0 aliphatic carbocycles. The van der Waals surface area contributed by atoms with Crippen molar-refractivity contribution in [2.24, 2.45) is 0 Å². The Hall–Kier alpha value is -1.57. The standard InChI is InChI=1S/C14H14IN3O2/c1-2-17-7-10(6-16-17)8-18-12-5-11(15)3-4-13(12)20-9-14(18)19/h3-7H,2,8-9H2,1H3. The number of aryl methyl sites for hydroxylation is 1. The van der Waals surface area contributed by atoms with Gasteiger partial charge in [0, 0.05) is 21.9 Å². The summed E-state index contributed by atoms with van der Waals surface area (Å²) in [6, 6.07) is 5.85. The zero-order chi connectivity index (χ0) is 14.1. The van der Waals surface area contributed by atoms with Gasteiger partial charge in [-0.3, -0.25) is 9.48 Å². The van der Waals surface area contributed by atoms with E-state index in [2.05, 4.69) is 27.7 Å². The van der Waals surface area contributed by atoms with Crippen molar-refractivity contribution in [1.29, 1.82) is 0 Å². The number of fused-ring (bicyclic) bond motifs is 1. The van der Waals surface area contributed by atoms with Gasteiger partial charge < -0.3 is 9.64 Å². The van der Waals surface area contributed by atoms with E-state index in [4.69, 9.17) is 4.74 Å². The number of nitrogens with zero attached hydrogens (tertiary/aromatic N) is 3. The molecule has 3 rings (SSSR count). The van der Waals surface area contributed by atoms with Gasteiger partial charge in [-0.2, -0.15) is 5.10 Å². The zero-order valence-corrected chi connectivity index (χ0v) is 13.2. The van der Waals surface area contributed by atoms with Crippen LogP contribution in [0, 0.1) is 3.57 Å². The van der Waals surface area contributed by atoms with Crippen LogP contribution in [0.3, 0.4) is 0 Å². The number of rotatable bonds is 3. The van der Waals surface area contributed by atoms with E-state index in [9.17, 15) is 4.79 Å². The first-order valence-electron chi connectivity index (χ1n) is 6.41. The number of hydrogen-bond donors (Lipinski definition) is 0. The van der Waals surface area contributed by atoms with Crippen molar-refractivity contribution in [3.8, 4) is 5.75 Å². The van der Waals surface area contributed by atoms with E-state index >= 15 is 0 Å². The number of benzene rings is 1. The van der Waals surface area contributed by atoms with Crippen LogP contribution < -0.4 is 9.64 Å². The Labute approximate surface area is 130 Å². The van der Waals surface area contributed by atoms with Crippen LogP contribution in [0.25, 0.3) is 0 Å². The van der Waals surface area contributed by atoms with E-state index in [0.717, 1.165) is 27.1 Å². The molecule has 6 heteroatoms. The highest BCUT2D eigenvalue weighted by Gasteiger charge is 2.26. The molecule has 0 unspecified atom stereocenters. The summed E-state index contributed by atoms with van der Waals surface area (Å²) in [5.41, 5.74) is 1.85. The highest BCUT2D eigenvalue weighted by atomic mass is 127. The van der Waals surface area contributed by atoms with Crippen molar-refractivity contribution in [1.82, 2.24) is 9.78 Å². The van der Waals surface area contributed by atoms with Crippen LogP contribution in [-0.4, -0.2) is 22.3 Å². The van der Waals surface area contributed by atoms with Crippen LogP contribution in [0.5, 0.6) is 5.75 Å². The third-order valence-corrected chi connectivity index (χ3v) is 3.89. The fraction of sp³-hybridized carbons (Fsp3) is 0.286. The van der Waals surface area contributed by atoms with Crippen molar-refractivity contribution in [2.75, 3.05) is 11.5 Å². The Kier molecular flexibility index (Phi) is 3.64. The largest absolute Gasteiger partial charge is 0.482 e. The SMILES string of the molecule is CCn1cc(CN2C(=O)COc3ccc(I)cc32)cn1. The topological polar surface area (TPSA) is 47.4 Å². The van der Waals surface area contributed by atoms with Gasteiger partial charge in [-0.15, -0.1) is 0 Å². The van der Waals surface area contributed by atoms with Gasteiger partial charge in [0.2, 0.25) is 0 Å². The van der Waals surface area contributed by atoms with Gasteiger partial charge in [-0.25, -0.2) is 0 Å². The van der Waals surface area contributed by atoms with Crippen molar-refractivity contribution in [3.63, 3.8) is 0 Å². The number of carbonyl (C=O) groups is 1. The number of amides is 1. The van der Waals surface area contributed by atoms with Crippen LogP contribution in [0.4, 0.5) is 5.69 Å². The second-order valence-electron chi connectivity index (χ2n) is 4.58. The molecule has 1 aromatic heterocycles. The fourth-order valence-electron chi connectivity index (χ4n) is 2.19. The lowest BCUT2D eigenvalue weighted by molar-refractivity contribution is -0.121. The van der Waals surface area contributed by atoms with Crippen LogP contribution in [0.15, 0.2) is 30.6 Å². The van der Waals surface area contributed by atoms with Gasteiger partial charge in [0.05, 0.1) is 18.4 Å². The Balaban J connectivity index is 1.92. The first-order valence-corrected chi connectivity index (χ1v) is 7.49. The maximum atomic E-state index is 12.1. The van der Waals surface area contributed by atoms with Crippen LogP contribution in [0.1, 0.15) is 12.5 Å². The molecule has 0 spiro atoms. The summed E-state index contributed by atoms with van der Waals surface area (Å²) in [4.78, 5) is 13.9. The number of anilines is 1. The minimum absolute atomic E-state index is 0.0243. The van der Waals surface area contributed by atoms with E-state index in [1.165, 1.54) is 0 Å². The molecule has 1 aliphatic heterocycles. The molecule has 0 atom stereocenters. The summed E-state index contributed by atoms with van der Waals surface area (Å²) < 4.78 is 8.40. The molecule has 0 bridgehead atoms. The lowest BCUT2D eigenvalue weighted by atomic mass is 10.2. The van der Waals surface area contributed by atoms with Crippen molar-refractivity contribution in [2.45, 2.75) is 20.0 Å². The fourth-order valence-corrected chi connectivity index (χ4v) is 2.67. The lowest BCUT2D eigenvalue weighted by Gasteiger charge is -2.29. The molecule has 2 heterocycles. The average Bonchev–Trinajstić information content (AvgIpc) is 2.90. The quantitative estimate of drug-likeness (QED) is 0.766. The maximum Gasteiger partial charge on any atom is 0.265 e. The van der Waals surface area contributed by atoms with Crippen LogP contribution in [0.2, 0.25) is 0 Å². The smallest absolute Gasteiger partial charge is 0.265 e. The first kappa shape index (κ1) is 13.4. The van der Waals surface area contributed by atoms with E-state index in [1.54, 1.807) is 11.1 Å². The Morgan fingerprint density at radius 2 is 2.30 bits per heavy atom. The molecule has 20 heavy (non-hydrogen) atoms. The van der Waals surface area contributed by atoms with Gasteiger partial charge >= 0.3 is 0 Å². The zero-order valence-electron chi connectivity index (χ0n) is 11.0. The third-order valence-electron chi connectivity index (χ3n) is 3.22. The van der Waals surface area contributed by atoms with Crippen molar-refractivity contribution >= 4 is 34.2 Å². The van der Waals surface area contributed by atoms with Crippen LogP contribution in [-0.2, 0) is 17.9 Å². The van der Waals surface area contributed by atoms with Gasteiger partial charge in [-0.1, -0.05) is 0 Å². The van der Waals surface area contributed by atoms with E-state index in [-0.39, 0.29) is 12.5 Å². The number of ether oxygens (including phenoxy) is 1. The minimum Gasteiger partial charge on any atom is -0.482 e. The van der Waals surface area contributed by atoms with Gasteiger partial charge in [0.1, 0.15) is 5.75 Å². The maximum absolute atomic E-state index is 12.1. The molecule has 1 aliphatic rings. The third kappa shape index (κ3) is 2.52. The van der Waals surface area contributed by atoms with Gasteiger partial charge in [0.25, 0.3) is 5.91 Å². The second kappa shape index (κ2) is 5.43. The number of hydrogen-bond acceptors (Lipinski definition) is 3. The molecule has 1 aromatic carbocycles. The summed E-state index contributed by atoms with van der Waals surface area (Å²) in [5.74, 6) is 0.733. The number of aromatic nitrogens is 2. The first-order chi connectivity index (χ1) is 9.67. The molecule has 0 fully saturated rings. The molecule has 1 amide bonds. The summed E-state index contributed by atoms with van der Waals surface area (Å²) in [6.45, 7) is 3.48. The highest BCUT2D eigenvalue weighted by molar-refractivity contribution is 14.1. The molecule has 5 nitrogen and oxygen atoms in total. The lowest BCUT2D eigenvalue weighted by Crippen LogP contribution is -2.38. The van der Waals surface area contributed by atoms with E-state index < -0.39 is 0 Å². The summed E-state index contributed by atoms with van der Waals surface area (Å²) in [7, 11) is 0. The Bertz CT molecular complexity index is 654. The summed E-state index contributed by atoms with van der Waals surface area (Å²) in [5, 5.41) is 4.24. The monoisotopic (exact) mass is 383 g/mol. The van der Waals surface area contributed by atoms with E-state index in [1.807, 2.05) is 36.0 Å². The molecule has 0 N–H and O–H groups in total. The number of carbonyl (C=O) groups excluding carboxylic acids is 1. The van der Waals surface area contributed by atoms with Gasteiger partial charge in [0.15, 0.2) is 6.61 Å². The van der Waals surface area contributed by atoms with Gasteiger partial charge in [-0.05, 0) is 47.7 Å². The van der Waals surface area contributed by atoms with Crippen molar-refractivity contribution in [3.05, 3.63) is 39.7 Å². The van der Waals surface area contributed by atoms with E-state index in [0.29, 0.717) is 6.54 Å². The minimum atomic E-state index is -0.0243. The predicted octanol–water partition coefficient (Wildman–Crippen LogP) is 2.43. The molecule has 0 radical (unpaired) electrons. The Morgan fingerprint density at radius 3 is 3.05 bits per heavy atom. The van der Waals surface area contributed by atoms with Crippen molar-refractivity contribution < 1.29 is 9.53 Å². The molecule has 2 aromatic rings. The summed E-state index contributed by atoms with van der Waals surface area (Å²) in [6.07, 6.45) is 3.77. The molecule has 104 valence electrons. The molecule has 0 saturated carbocycles. The Morgan fingerprint density at radius 1 is 1.45 bits per heavy atom. The number of halogens is 1. The molecular weight excluding hydrogens is 369 g/mol.